The third kappa shape index (κ3) is 3.37. The highest BCUT2D eigenvalue weighted by Crippen LogP contribution is 2.66. The van der Waals surface area contributed by atoms with Crippen LogP contribution in [0, 0.1) is 39.9 Å². The normalized spacial score (nSPS) is 44.4. The molecule has 170 valence electrons. The van der Waals surface area contributed by atoms with Gasteiger partial charge in [0.05, 0.1) is 11.5 Å². The third-order valence-corrected chi connectivity index (χ3v) is 9.57. The lowest BCUT2D eigenvalue weighted by Gasteiger charge is -2.60. The maximum Gasteiger partial charge on any atom is 0.311 e. The Bertz CT molecular complexity index is 706. The van der Waals surface area contributed by atoms with Crippen molar-refractivity contribution in [3.63, 3.8) is 0 Å². The van der Waals surface area contributed by atoms with Crippen molar-refractivity contribution in [1.82, 2.24) is 0 Å². The molecule has 0 aromatic rings. The molecule has 0 saturated heterocycles. The van der Waals surface area contributed by atoms with E-state index < -0.39 is 5.41 Å². The number of aliphatic hydroxyl groups is 2. The standard InChI is InChI=1S/C26H42O4/c1-16(30-23(29)24(2,3)4)20-8-9-21-19-7-6-17-14-18(28)10-13-26(17,15-27)22(19)11-12-25(20,21)5/h9,16-20,22,27-28H,6-8,10-15H2,1-5H3/t16-,17-,18-,19-,20+,22-,25+,26+/m0/s1. The third-order valence-electron chi connectivity index (χ3n) is 9.57. The molecule has 0 spiro atoms. The fourth-order valence-corrected chi connectivity index (χ4v) is 7.84. The smallest absolute Gasteiger partial charge is 0.311 e. The van der Waals surface area contributed by atoms with Gasteiger partial charge in [-0.1, -0.05) is 18.6 Å². The molecule has 3 saturated carbocycles. The zero-order chi connectivity index (χ0) is 21.9. The molecule has 30 heavy (non-hydrogen) atoms. The Morgan fingerprint density at radius 2 is 1.97 bits per heavy atom. The van der Waals surface area contributed by atoms with Crippen LogP contribution in [0.3, 0.4) is 0 Å². The van der Waals surface area contributed by atoms with Crippen LogP contribution in [0.4, 0.5) is 0 Å². The number of ether oxygens (including phenoxy) is 1. The Kier molecular flexibility index (Phi) is 5.67. The number of esters is 1. The largest absolute Gasteiger partial charge is 0.462 e. The molecule has 2 N–H and O–H groups in total. The highest BCUT2D eigenvalue weighted by atomic mass is 16.5. The number of allylic oxidation sites excluding steroid dienone is 2. The Labute approximate surface area is 182 Å². The van der Waals surface area contributed by atoms with Gasteiger partial charge in [0, 0.05) is 12.5 Å². The molecular formula is C26H42O4. The number of rotatable bonds is 3. The van der Waals surface area contributed by atoms with Gasteiger partial charge < -0.3 is 14.9 Å². The summed E-state index contributed by atoms with van der Waals surface area (Å²) in [5, 5.41) is 20.8. The van der Waals surface area contributed by atoms with Gasteiger partial charge in [-0.25, -0.2) is 0 Å². The van der Waals surface area contributed by atoms with E-state index in [1.807, 2.05) is 20.8 Å². The number of hydrogen-bond donors (Lipinski definition) is 2. The van der Waals surface area contributed by atoms with E-state index in [2.05, 4.69) is 19.9 Å². The molecule has 4 heteroatoms. The summed E-state index contributed by atoms with van der Waals surface area (Å²) < 4.78 is 5.95. The zero-order valence-corrected chi connectivity index (χ0v) is 19.6. The van der Waals surface area contributed by atoms with Gasteiger partial charge in [0.1, 0.15) is 6.10 Å². The molecule has 0 amide bonds. The zero-order valence-electron chi connectivity index (χ0n) is 19.6. The second kappa shape index (κ2) is 7.62. The Morgan fingerprint density at radius 1 is 1.23 bits per heavy atom. The SMILES string of the molecule is C[C@H](OC(=O)C(C)(C)C)[C@H]1CC=C2[C@@H]3CC[C@H]4C[C@@H](O)CC[C@]4(CO)[C@H]3CC[C@@]21C. The van der Waals surface area contributed by atoms with Gasteiger partial charge in [-0.2, -0.15) is 0 Å². The molecule has 4 nitrogen and oxygen atoms in total. The lowest BCUT2D eigenvalue weighted by atomic mass is 9.45. The Balaban J connectivity index is 1.54. The van der Waals surface area contributed by atoms with Crippen molar-refractivity contribution in [3.05, 3.63) is 11.6 Å². The second-order valence-corrected chi connectivity index (χ2v) is 12.1. The first-order valence-corrected chi connectivity index (χ1v) is 12.2. The lowest BCUT2D eigenvalue weighted by molar-refractivity contribution is -0.163. The summed E-state index contributed by atoms with van der Waals surface area (Å²) in [5.74, 6) is 1.76. The molecule has 8 atom stereocenters. The van der Waals surface area contributed by atoms with E-state index in [9.17, 15) is 15.0 Å². The van der Waals surface area contributed by atoms with Gasteiger partial charge in [-0.15, -0.1) is 0 Å². The number of fused-ring (bicyclic) bond motifs is 5. The lowest BCUT2D eigenvalue weighted by Crippen LogP contribution is -2.55. The molecule has 3 fully saturated rings. The molecule has 4 aliphatic rings. The van der Waals surface area contributed by atoms with Crippen LogP contribution < -0.4 is 0 Å². The van der Waals surface area contributed by atoms with Gasteiger partial charge in [-0.3, -0.25) is 4.79 Å². The van der Waals surface area contributed by atoms with Crippen molar-refractivity contribution in [2.45, 2.75) is 98.2 Å². The molecular weight excluding hydrogens is 376 g/mol. The summed E-state index contributed by atoms with van der Waals surface area (Å²) in [6, 6.07) is 0. The fraction of sp³-hybridized carbons (Fsp3) is 0.885. The van der Waals surface area contributed by atoms with Crippen molar-refractivity contribution in [2.24, 2.45) is 39.9 Å². The molecule has 0 unspecified atom stereocenters. The van der Waals surface area contributed by atoms with Crippen LogP contribution in [0.15, 0.2) is 11.6 Å². The van der Waals surface area contributed by atoms with E-state index in [-0.39, 0.29) is 35.6 Å². The monoisotopic (exact) mass is 418 g/mol. The minimum absolute atomic E-state index is 0.00722. The first kappa shape index (κ1) is 22.3. The van der Waals surface area contributed by atoms with Gasteiger partial charge in [0.15, 0.2) is 0 Å². The average molecular weight is 419 g/mol. The molecule has 0 heterocycles. The molecule has 0 aromatic heterocycles. The molecule has 0 aliphatic heterocycles. The molecule has 0 aromatic carbocycles. The molecule has 4 rings (SSSR count). The maximum atomic E-state index is 12.5. The van der Waals surface area contributed by atoms with E-state index in [4.69, 9.17) is 4.74 Å². The predicted molar refractivity (Wildman–Crippen MR) is 118 cm³/mol. The van der Waals surface area contributed by atoms with Crippen molar-refractivity contribution >= 4 is 5.97 Å². The first-order chi connectivity index (χ1) is 14.0. The highest BCUT2D eigenvalue weighted by Gasteiger charge is 2.59. The van der Waals surface area contributed by atoms with Crippen LogP contribution in [0.5, 0.6) is 0 Å². The van der Waals surface area contributed by atoms with Crippen LogP contribution in [0.1, 0.15) is 86.0 Å². The van der Waals surface area contributed by atoms with E-state index >= 15 is 0 Å². The minimum atomic E-state index is -0.473. The van der Waals surface area contributed by atoms with Crippen LogP contribution in [-0.2, 0) is 9.53 Å². The topological polar surface area (TPSA) is 66.8 Å². The molecule has 0 radical (unpaired) electrons. The van der Waals surface area contributed by atoms with E-state index in [1.165, 1.54) is 6.42 Å². The van der Waals surface area contributed by atoms with Crippen molar-refractivity contribution in [3.8, 4) is 0 Å². The van der Waals surface area contributed by atoms with Gasteiger partial charge in [0.25, 0.3) is 0 Å². The van der Waals surface area contributed by atoms with Crippen LogP contribution in [-0.4, -0.2) is 35.0 Å². The van der Waals surface area contributed by atoms with Crippen LogP contribution >= 0.6 is 0 Å². The fourth-order valence-electron chi connectivity index (χ4n) is 7.84. The van der Waals surface area contributed by atoms with Crippen molar-refractivity contribution < 1.29 is 19.7 Å². The highest BCUT2D eigenvalue weighted by molar-refractivity contribution is 5.75. The second-order valence-electron chi connectivity index (χ2n) is 12.1. The summed E-state index contributed by atoms with van der Waals surface area (Å²) in [6.07, 6.45) is 10.4. The summed E-state index contributed by atoms with van der Waals surface area (Å²) in [4.78, 5) is 12.5. The van der Waals surface area contributed by atoms with E-state index in [1.54, 1.807) is 5.57 Å². The van der Waals surface area contributed by atoms with Crippen molar-refractivity contribution in [2.75, 3.05) is 6.61 Å². The number of hydrogen-bond acceptors (Lipinski definition) is 4. The molecule has 4 aliphatic carbocycles. The first-order valence-electron chi connectivity index (χ1n) is 12.2. The Morgan fingerprint density at radius 3 is 2.63 bits per heavy atom. The van der Waals surface area contributed by atoms with Gasteiger partial charge in [-0.05, 0) is 108 Å². The summed E-state index contributed by atoms with van der Waals surface area (Å²) in [7, 11) is 0. The predicted octanol–water partition coefficient (Wildman–Crippen LogP) is 4.88. The van der Waals surface area contributed by atoms with E-state index in [0.717, 1.165) is 44.9 Å². The Hall–Kier alpha value is -0.870. The number of aliphatic hydroxyl groups excluding tert-OH is 2. The van der Waals surface area contributed by atoms with Gasteiger partial charge in [0.2, 0.25) is 0 Å². The van der Waals surface area contributed by atoms with Crippen LogP contribution in [0.25, 0.3) is 0 Å². The number of carbonyl (C=O) groups is 1. The average Bonchev–Trinajstić information content (AvgIpc) is 3.04. The summed E-state index contributed by atoms with van der Waals surface area (Å²) in [6.45, 7) is 10.5. The quantitative estimate of drug-likeness (QED) is 0.506. The number of carbonyl (C=O) groups excluding carboxylic acids is 1. The molecule has 0 bridgehead atoms. The maximum absolute atomic E-state index is 12.5. The van der Waals surface area contributed by atoms with E-state index in [0.29, 0.717) is 23.7 Å². The minimum Gasteiger partial charge on any atom is -0.462 e. The van der Waals surface area contributed by atoms with Crippen LogP contribution in [0.2, 0.25) is 0 Å². The summed E-state index contributed by atoms with van der Waals surface area (Å²) in [5.41, 5.74) is 1.20. The van der Waals surface area contributed by atoms with Gasteiger partial charge >= 0.3 is 5.97 Å². The summed E-state index contributed by atoms with van der Waals surface area (Å²) >= 11 is 0. The van der Waals surface area contributed by atoms with Crippen molar-refractivity contribution in [1.29, 1.82) is 0 Å².